The molecular weight excluding hydrogens is 204 g/mol. The Labute approximate surface area is 87.2 Å². The van der Waals surface area contributed by atoms with Gasteiger partial charge in [0, 0.05) is 18.1 Å². The predicted molar refractivity (Wildman–Crippen MR) is 60.1 cm³/mol. The molecule has 0 aliphatic carbocycles. The second-order valence-corrected chi connectivity index (χ2v) is 5.93. The van der Waals surface area contributed by atoms with E-state index in [0.717, 1.165) is 24.5 Å². The maximum absolute atomic E-state index is 11.3. The van der Waals surface area contributed by atoms with Gasteiger partial charge in [-0.3, -0.25) is 0 Å². The van der Waals surface area contributed by atoms with Crippen LogP contribution in [-0.2, 0) is 0 Å². The summed E-state index contributed by atoms with van der Waals surface area (Å²) in [4.78, 5) is 11.3. The second kappa shape index (κ2) is 5.00. The topological polar surface area (TPSA) is 41.1 Å². The Balaban J connectivity index is 2.26. The molecule has 0 aromatic heterocycles. The molecule has 2 N–H and O–H groups in total. The van der Waals surface area contributed by atoms with Crippen molar-refractivity contribution in [2.75, 3.05) is 18.1 Å². The lowest BCUT2D eigenvalue weighted by Gasteiger charge is -2.23. The summed E-state index contributed by atoms with van der Waals surface area (Å²) in [5, 5.41) is 5.81. The van der Waals surface area contributed by atoms with Crippen LogP contribution in [0.3, 0.4) is 0 Å². The van der Waals surface area contributed by atoms with E-state index in [4.69, 9.17) is 0 Å². The molecule has 13 heavy (non-hydrogen) atoms. The first kappa shape index (κ1) is 11.0. The average Bonchev–Trinajstić information content (AvgIpc) is 2.48. The van der Waals surface area contributed by atoms with Crippen LogP contribution in [0.25, 0.3) is 0 Å². The molecule has 0 unspecified atom stereocenters. The van der Waals surface area contributed by atoms with E-state index in [0.29, 0.717) is 0 Å². The zero-order chi connectivity index (χ0) is 9.73. The number of urea groups is 1. The molecule has 0 radical (unpaired) electrons. The van der Waals surface area contributed by atoms with Crippen molar-refractivity contribution in [3.8, 4) is 0 Å². The minimum atomic E-state index is -0.0348. The Kier molecular flexibility index (Phi) is 4.25. The highest BCUT2D eigenvalue weighted by atomic mass is 33.1. The van der Waals surface area contributed by atoms with Crippen molar-refractivity contribution in [1.82, 2.24) is 10.6 Å². The summed E-state index contributed by atoms with van der Waals surface area (Å²) in [7, 11) is 3.64. The Morgan fingerprint density at radius 3 is 2.62 bits per heavy atom. The second-order valence-electron chi connectivity index (χ2n) is 3.47. The van der Waals surface area contributed by atoms with Crippen LogP contribution >= 0.6 is 21.6 Å². The molecule has 1 aliphatic heterocycles. The molecule has 3 nitrogen and oxygen atoms in total. The molecule has 1 heterocycles. The predicted octanol–water partition coefficient (Wildman–Crippen LogP) is 1.85. The standard InChI is InChI=1S/C8H16N2OS2/c1-3-4-9-7(11)10-8(2)5-12-13-6-8/h3-6H2,1-2H3,(H2,9,10,11). The van der Waals surface area contributed by atoms with Crippen LogP contribution in [0, 0.1) is 0 Å². The molecule has 0 spiro atoms. The number of amides is 2. The minimum Gasteiger partial charge on any atom is -0.338 e. The van der Waals surface area contributed by atoms with Crippen LogP contribution < -0.4 is 10.6 Å². The van der Waals surface area contributed by atoms with Gasteiger partial charge in [0.05, 0.1) is 5.54 Å². The van der Waals surface area contributed by atoms with Crippen molar-refractivity contribution in [3.05, 3.63) is 0 Å². The summed E-state index contributed by atoms with van der Waals surface area (Å²) >= 11 is 0. The van der Waals surface area contributed by atoms with Gasteiger partial charge in [0.15, 0.2) is 0 Å². The molecule has 2 amide bonds. The van der Waals surface area contributed by atoms with Crippen LogP contribution in [0.4, 0.5) is 4.79 Å². The maximum Gasteiger partial charge on any atom is 0.315 e. The largest absolute Gasteiger partial charge is 0.338 e. The zero-order valence-electron chi connectivity index (χ0n) is 8.05. The number of hydrogen-bond donors (Lipinski definition) is 2. The molecule has 0 aromatic rings. The van der Waals surface area contributed by atoms with Gasteiger partial charge in [0.2, 0.25) is 0 Å². The number of carbonyl (C=O) groups is 1. The van der Waals surface area contributed by atoms with Crippen LogP contribution in [0.5, 0.6) is 0 Å². The first-order chi connectivity index (χ1) is 6.16. The van der Waals surface area contributed by atoms with Gasteiger partial charge in [-0.2, -0.15) is 0 Å². The molecule has 1 rings (SSSR count). The number of nitrogens with one attached hydrogen (secondary N) is 2. The summed E-state index contributed by atoms with van der Waals surface area (Å²) in [6.07, 6.45) is 0.980. The van der Waals surface area contributed by atoms with Crippen LogP contribution in [-0.4, -0.2) is 29.6 Å². The van der Waals surface area contributed by atoms with Crippen molar-refractivity contribution in [3.63, 3.8) is 0 Å². The Bertz CT molecular complexity index is 181. The number of carbonyl (C=O) groups excluding carboxylic acids is 1. The Hall–Kier alpha value is -0.0300. The highest BCUT2D eigenvalue weighted by Crippen LogP contribution is 2.36. The van der Waals surface area contributed by atoms with Gasteiger partial charge >= 0.3 is 6.03 Å². The lowest BCUT2D eigenvalue weighted by Crippen LogP contribution is -2.52. The van der Waals surface area contributed by atoms with Gasteiger partial charge in [-0.05, 0) is 13.3 Å². The fourth-order valence-corrected chi connectivity index (χ4v) is 4.24. The molecule has 1 fully saturated rings. The van der Waals surface area contributed by atoms with Crippen molar-refractivity contribution in [1.29, 1.82) is 0 Å². The lowest BCUT2D eigenvalue weighted by molar-refractivity contribution is 0.233. The zero-order valence-corrected chi connectivity index (χ0v) is 9.69. The van der Waals surface area contributed by atoms with Crippen LogP contribution in [0.1, 0.15) is 20.3 Å². The van der Waals surface area contributed by atoms with Crippen molar-refractivity contribution in [2.45, 2.75) is 25.8 Å². The Morgan fingerprint density at radius 2 is 2.08 bits per heavy atom. The van der Waals surface area contributed by atoms with Gasteiger partial charge in [-0.15, -0.1) is 0 Å². The first-order valence-corrected chi connectivity index (χ1v) is 6.95. The van der Waals surface area contributed by atoms with Gasteiger partial charge in [0.1, 0.15) is 0 Å². The van der Waals surface area contributed by atoms with E-state index in [-0.39, 0.29) is 11.6 Å². The van der Waals surface area contributed by atoms with Gasteiger partial charge in [0.25, 0.3) is 0 Å². The summed E-state index contributed by atoms with van der Waals surface area (Å²) in [5.74, 6) is 1.99. The summed E-state index contributed by atoms with van der Waals surface area (Å²) in [6, 6.07) is -0.0348. The smallest absolute Gasteiger partial charge is 0.315 e. The van der Waals surface area contributed by atoms with Crippen molar-refractivity contribution >= 4 is 27.6 Å². The van der Waals surface area contributed by atoms with Gasteiger partial charge < -0.3 is 10.6 Å². The summed E-state index contributed by atoms with van der Waals surface area (Å²) < 4.78 is 0. The van der Waals surface area contributed by atoms with E-state index in [2.05, 4.69) is 17.6 Å². The Morgan fingerprint density at radius 1 is 1.46 bits per heavy atom. The van der Waals surface area contributed by atoms with Crippen molar-refractivity contribution < 1.29 is 4.79 Å². The molecule has 1 saturated heterocycles. The van der Waals surface area contributed by atoms with E-state index in [1.807, 2.05) is 28.5 Å². The fraction of sp³-hybridized carbons (Fsp3) is 0.875. The molecular formula is C8H16N2OS2. The SMILES string of the molecule is CCCNC(=O)NC1(C)CSSC1. The van der Waals surface area contributed by atoms with Crippen LogP contribution in [0.15, 0.2) is 0 Å². The fourth-order valence-electron chi connectivity index (χ4n) is 1.01. The molecule has 0 bridgehead atoms. The van der Waals surface area contributed by atoms with Gasteiger partial charge in [-0.1, -0.05) is 28.5 Å². The molecule has 76 valence electrons. The number of hydrogen-bond acceptors (Lipinski definition) is 3. The van der Waals surface area contributed by atoms with E-state index in [1.54, 1.807) is 0 Å². The van der Waals surface area contributed by atoms with E-state index in [1.165, 1.54) is 0 Å². The molecule has 0 saturated carbocycles. The minimum absolute atomic E-state index is 0.0207. The maximum atomic E-state index is 11.3. The van der Waals surface area contributed by atoms with E-state index >= 15 is 0 Å². The molecule has 0 aromatic carbocycles. The molecule has 0 atom stereocenters. The lowest BCUT2D eigenvalue weighted by atomic mass is 10.1. The number of rotatable bonds is 3. The van der Waals surface area contributed by atoms with Crippen LogP contribution in [0.2, 0.25) is 0 Å². The monoisotopic (exact) mass is 220 g/mol. The van der Waals surface area contributed by atoms with E-state index < -0.39 is 0 Å². The van der Waals surface area contributed by atoms with Crippen molar-refractivity contribution in [2.24, 2.45) is 0 Å². The average molecular weight is 220 g/mol. The van der Waals surface area contributed by atoms with E-state index in [9.17, 15) is 4.79 Å². The quantitative estimate of drug-likeness (QED) is 0.713. The third-order valence-corrected chi connectivity index (χ3v) is 4.67. The summed E-state index contributed by atoms with van der Waals surface area (Å²) in [6.45, 7) is 4.89. The summed E-state index contributed by atoms with van der Waals surface area (Å²) in [5.41, 5.74) is -0.0207. The first-order valence-electron chi connectivity index (χ1n) is 4.47. The molecule has 5 heteroatoms. The highest BCUT2D eigenvalue weighted by molar-refractivity contribution is 8.77. The molecule has 1 aliphatic rings. The highest BCUT2D eigenvalue weighted by Gasteiger charge is 2.31. The normalized spacial score (nSPS) is 19.8. The third-order valence-electron chi connectivity index (χ3n) is 1.79. The van der Waals surface area contributed by atoms with Gasteiger partial charge in [-0.25, -0.2) is 4.79 Å². The third kappa shape index (κ3) is 3.68.